The van der Waals surface area contributed by atoms with E-state index in [0.717, 1.165) is 12.3 Å². The molecule has 0 atom stereocenters. The minimum Gasteiger partial charge on any atom is -0.0882 e. The van der Waals surface area contributed by atoms with Crippen LogP contribution in [0.1, 0.15) is 117 Å². The van der Waals surface area contributed by atoms with E-state index >= 15 is 0 Å². The summed E-state index contributed by atoms with van der Waals surface area (Å²) >= 11 is 0. The molecule has 0 aliphatic rings. The van der Waals surface area contributed by atoms with Gasteiger partial charge in [-0.3, -0.25) is 0 Å². The first-order valence-corrected chi connectivity index (χ1v) is 10.6. The Hall–Kier alpha value is -0.520. The van der Waals surface area contributed by atoms with E-state index in [9.17, 15) is 0 Å². The lowest BCUT2D eigenvalue weighted by molar-refractivity contribution is 0.426. The first kappa shape index (κ1) is 22.5. The van der Waals surface area contributed by atoms with Crippen molar-refractivity contribution < 1.29 is 0 Å². The Morgan fingerprint density at radius 3 is 1.65 bits per heavy atom. The smallest absolute Gasteiger partial charge is 0.0169 e. The van der Waals surface area contributed by atoms with Gasteiger partial charge in [0.25, 0.3) is 0 Å². The highest BCUT2D eigenvalue weighted by molar-refractivity contribution is 4.92. The topological polar surface area (TPSA) is 0 Å². The van der Waals surface area contributed by atoms with Gasteiger partial charge in [-0.25, -0.2) is 0 Å². The molecule has 0 aliphatic carbocycles. The van der Waals surface area contributed by atoms with Gasteiger partial charge in [0.1, 0.15) is 0 Å². The van der Waals surface area contributed by atoms with Crippen LogP contribution in [-0.2, 0) is 0 Å². The maximum atomic E-state index is 2.38. The van der Waals surface area contributed by atoms with E-state index < -0.39 is 0 Å². The molecule has 0 aromatic heterocycles. The molecular formula is C23H44. The van der Waals surface area contributed by atoms with Gasteiger partial charge in [-0.2, -0.15) is 0 Å². The van der Waals surface area contributed by atoms with E-state index in [4.69, 9.17) is 0 Å². The molecule has 0 spiro atoms. The van der Waals surface area contributed by atoms with Crippen LogP contribution in [0.3, 0.4) is 0 Å². The lowest BCUT2D eigenvalue weighted by Gasteiger charge is -2.11. The third-order valence-corrected chi connectivity index (χ3v) is 4.97. The van der Waals surface area contributed by atoms with Gasteiger partial charge in [0.2, 0.25) is 0 Å². The summed E-state index contributed by atoms with van der Waals surface area (Å²) in [6, 6.07) is 0. The summed E-state index contributed by atoms with van der Waals surface area (Å²) in [6.07, 6.45) is 29.9. The normalized spacial score (nSPS) is 12.2. The van der Waals surface area contributed by atoms with Crippen molar-refractivity contribution in [3.8, 4) is 0 Å². The van der Waals surface area contributed by atoms with Gasteiger partial charge < -0.3 is 0 Å². The van der Waals surface area contributed by atoms with Gasteiger partial charge in [-0.1, -0.05) is 109 Å². The third-order valence-electron chi connectivity index (χ3n) is 4.97. The summed E-state index contributed by atoms with van der Waals surface area (Å²) in [4.78, 5) is 0. The van der Waals surface area contributed by atoms with Crippen molar-refractivity contribution in [1.82, 2.24) is 0 Å². The maximum Gasteiger partial charge on any atom is -0.0169 e. The van der Waals surface area contributed by atoms with E-state index in [1.807, 2.05) is 0 Å². The Labute approximate surface area is 147 Å². The van der Waals surface area contributed by atoms with E-state index in [1.165, 1.54) is 89.9 Å². The minimum absolute atomic E-state index is 0.987. The molecule has 0 bridgehead atoms. The molecule has 0 rings (SSSR count). The second-order valence-corrected chi connectivity index (χ2v) is 7.06. The van der Waals surface area contributed by atoms with Gasteiger partial charge in [0.15, 0.2) is 0 Å². The largest absolute Gasteiger partial charge is 0.0882 e. The highest BCUT2D eigenvalue weighted by Gasteiger charge is 2.02. The Balaban J connectivity index is 3.22. The van der Waals surface area contributed by atoms with Crippen molar-refractivity contribution in [2.75, 3.05) is 0 Å². The first-order chi connectivity index (χ1) is 11.3. The highest BCUT2D eigenvalue weighted by atomic mass is 14.1. The summed E-state index contributed by atoms with van der Waals surface area (Å²) in [7, 11) is 0. The third kappa shape index (κ3) is 17.7. The molecule has 0 heteroatoms. The van der Waals surface area contributed by atoms with Crippen LogP contribution in [0.5, 0.6) is 0 Å². The van der Waals surface area contributed by atoms with Crippen LogP contribution in [0.4, 0.5) is 0 Å². The van der Waals surface area contributed by atoms with Crippen LogP contribution in [0, 0.1) is 5.92 Å². The van der Waals surface area contributed by atoms with Crippen LogP contribution in [-0.4, -0.2) is 0 Å². The standard InChI is InChI=1S/C23H44/c1-4-7-8-9-10-11-12-13-14-15-16-17-18-19-20-21-22-23(5-2)6-3/h10-11,13-14,23H,4-9,12,15-22H2,1-3H3/b11-10-,14-13-. The Morgan fingerprint density at radius 1 is 0.565 bits per heavy atom. The predicted octanol–water partition coefficient (Wildman–Crippen LogP) is 8.63. The Bertz CT molecular complexity index is 257. The van der Waals surface area contributed by atoms with Crippen LogP contribution >= 0.6 is 0 Å². The van der Waals surface area contributed by atoms with Crippen molar-refractivity contribution in [2.24, 2.45) is 5.92 Å². The summed E-state index contributed by atoms with van der Waals surface area (Å²) in [5.74, 6) is 0.987. The number of rotatable bonds is 17. The van der Waals surface area contributed by atoms with E-state index in [1.54, 1.807) is 0 Å². The van der Waals surface area contributed by atoms with Crippen molar-refractivity contribution in [3.05, 3.63) is 24.3 Å². The van der Waals surface area contributed by atoms with Crippen LogP contribution < -0.4 is 0 Å². The van der Waals surface area contributed by atoms with Gasteiger partial charge in [-0.05, 0) is 38.0 Å². The van der Waals surface area contributed by atoms with Crippen LogP contribution in [0.15, 0.2) is 24.3 Å². The van der Waals surface area contributed by atoms with E-state index in [2.05, 4.69) is 45.1 Å². The van der Waals surface area contributed by atoms with Gasteiger partial charge >= 0.3 is 0 Å². The van der Waals surface area contributed by atoms with Gasteiger partial charge in [0, 0.05) is 0 Å². The molecule has 136 valence electrons. The zero-order valence-electron chi connectivity index (χ0n) is 16.5. The lowest BCUT2D eigenvalue weighted by Crippen LogP contribution is -1.96. The molecule has 0 radical (unpaired) electrons. The molecule has 0 aliphatic heterocycles. The van der Waals surface area contributed by atoms with E-state index in [-0.39, 0.29) is 0 Å². The van der Waals surface area contributed by atoms with Crippen LogP contribution in [0.2, 0.25) is 0 Å². The summed E-state index contributed by atoms with van der Waals surface area (Å²) in [6.45, 7) is 6.94. The summed E-state index contributed by atoms with van der Waals surface area (Å²) < 4.78 is 0. The molecule has 0 saturated carbocycles. The number of hydrogen-bond donors (Lipinski definition) is 0. The molecular weight excluding hydrogens is 276 g/mol. The van der Waals surface area contributed by atoms with Gasteiger partial charge in [-0.15, -0.1) is 0 Å². The van der Waals surface area contributed by atoms with Crippen molar-refractivity contribution >= 4 is 0 Å². The first-order valence-electron chi connectivity index (χ1n) is 10.6. The predicted molar refractivity (Wildman–Crippen MR) is 108 cm³/mol. The zero-order chi connectivity index (χ0) is 17.0. The number of hydrogen-bond acceptors (Lipinski definition) is 0. The molecule has 23 heavy (non-hydrogen) atoms. The molecule has 0 aromatic carbocycles. The quantitative estimate of drug-likeness (QED) is 0.186. The van der Waals surface area contributed by atoms with Crippen LogP contribution in [0.25, 0.3) is 0 Å². The summed E-state index contributed by atoms with van der Waals surface area (Å²) in [5.41, 5.74) is 0. The summed E-state index contributed by atoms with van der Waals surface area (Å²) in [5, 5.41) is 0. The molecule has 0 heterocycles. The Kier molecular flexibility index (Phi) is 19.1. The van der Waals surface area contributed by atoms with Crippen molar-refractivity contribution in [2.45, 2.75) is 117 Å². The fourth-order valence-corrected chi connectivity index (χ4v) is 3.12. The van der Waals surface area contributed by atoms with Crippen molar-refractivity contribution in [3.63, 3.8) is 0 Å². The van der Waals surface area contributed by atoms with E-state index in [0.29, 0.717) is 0 Å². The molecule has 0 N–H and O–H groups in total. The average molecular weight is 321 g/mol. The maximum absolute atomic E-state index is 2.38. The molecule has 0 amide bonds. The Morgan fingerprint density at radius 2 is 1.09 bits per heavy atom. The molecule has 0 nitrogen and oxygen atoms in total. The molecule has 0 unspecified atom stereocenters. The molecule has 0 saturated heterocycles. The molecule has 0 fully saturated rings. The minimum atomic E-state index is 0.987. The SMILES string of the molecule is CCCCC/C=C\C/C=C\CCCCCCCCC(CC)CC. The lowest BCUT2D eigenvalue weighted by atomic mass is 9.95. The van der Waals surface area contributed by atoms with Crippen molar-refractivity contribution in [1.29, 1.82) is 0 Å². The fourth-order valence-electron chi connectivity index (χ4n) is 3.12. The van der Waals surface area contributed by atoms with Gasteiger partial charge in [0.05, 0.1) is 0 Å². The number of allylic oxidation sites excluding steroid dienone is 4. The average Bonchev–Trinajstić information content (AvgIpc) is 2.58. The second kappa shape index (κ2) is 19.5. The number of unbranched alkanes of at least 4 members (excludes halogenated alkanes) is 9. The monoisotopic (exact) mass is 320 g/mol. The zero-order valence-corrected chi connectivity index (χ0v) is 16.5. The molecule has 0 aromatic rings. The fraction of sp³-hybridized carbons (Fsp3) is 0.826. The second-order valence-electron chi connectivity index (χ2n) is 7.06. The highest BCUT2D eigenvalue weighted by Crippen LogP contribution is 2.17.